The normalized spacial score (nSPS) is 19.1. The van der Waals surface area contributed by atoms with Crippen molar-refractivity contribution >= 4 is 15.8 Å². The molecule has 0 bridgehead atoms. The Balaban J connectivity index is 1.57. The first-order valence-electron chi connectivity index (χ1n) is 10.4. The Morgan fingerprint density at radius 1 is 1.03 bits per heavy atom. The fourth-order valence-corrected chi connectivity index (χ4v) is 5.48. The topological polar surface area (TPSA) is 118 Å². The van der Waals surface area contributed by atoms with Crippen LogP contribution in [0, 0.1) is 5.82 Å². The number of anilines is 1. The third kappa shape index (κ3) is 5.29. The molecule has 1 saturated carbocycles. The molecule has 32 heavy (non-hydrogen) atoms. The summed E-state index contributed by atoms with van der Waals surface area (Å²) in [6.07, 6.45) is 4.83. The fourth-order valence-electron chi connectivity index (χ4n) is 3.99. The Morgan fingerprint density at radius 3 is 2.47 bits per heavy atom. The Kier molecular flexibility index (Phi) is 6.50. The molecule has 4 rings (SSSR count). The number of benzene rings is 2. The molecule has 4 N–H and O–H groups in total. The number of halogens is 1. The molecule has 9 heteroatoms. The van der Waals surface area contributed by atoms with Gasteiger partial charge in [0.15, 0.2) is 0 Å². The number of nitrogens with one attached hydrogen (secondary N) is 1. The average molecular weight is 457 g/mol. The van der Waals surface area contributed by atoms with Crippen LogP contribution in [0.2, 0.25) is 0 Å². The molecule has 2 aromatic carbocycles. The van der Waals surface area contributed by atoms with Gasteiger partial charge in [-0.25, -0.2) is 22.5 Å². The van der Waals surface area contributed by atoms with E-state index in [4.69, 9.17) is 5.73 Å². The molecule has 0 atom stereocenters. The van der Waals surface area contributed by atoms with E-state index in [-0.39, 0.29) is 29.3 Å². The standard InChI is InChI=1S/C23H25FN4O3S/c24-21-11-15(5-10-20(21)22-12-27-23(25)13-26-22)19-4-2-1-3-16(19)14-32(30,31)28-17-6-8-18(29)9-7-17/h1-5,10-13,17-18,28-29H,6-9,14H2,(H2,25,27). The third-order valence-corrected chi connectivity index (χ3v) is 7.02. The highest BCUT2D eigenvalue weighted by Gasteiger charge is 2.24. The minimum Gasteiger partial charge on any atom is -0.393 e. The van der Waals surface area contributed by atoms with Crippen LogP contribution in [0.1, 0.15) is 31.2 Å². The summed E-state index contributed by atoms with van der Waals surface area (Å²) in [4.78, 5) is 8.05. The summed E-state index contributed by atoms with van der Waals surface area (Å²) in [7, 11) is -3.60. The molecule has 1 aliphatic rings. The van der Waals surface area contributed by atoms with Gasteiger partial charge in [0, 0.05) is 11.6 Å². The molecule has 1 heterocycles. The van der Waals surface area contributed by atoms with Crippen molar-refractivity contribution in [3.05, 3.63) is 66.2 Å². The van der Waals surface area contributed by atoms with Crippen molar-refractivity contribution in [2.24, 2.45) is 0 Å². The van der Waals surface area contributed by atoms with Crippen LogP contribution in [-0.4, -0.2) is 35.6 Å². The van der Waals surface area contributed by atoms with Crippen LogP contribution in [0.25, 0.3) is 22.4 Å². The molecular weight excluding hydrogens is 431 g/mol. The highest BCUT2D eigenvalue weighted by Crippen LogP contribution is 2.30. The van der Waals surface area contributed by atoms with Crippen LogP contribution in [-0.2, 0) is 15.8 Å². The van der Waals surface area contributed by atoms with Crippen LogP contribution in [0.5, 0.6) is 0 Å². The number of nitrogens with two attached hydrogens (primary N) is 1. The highest BCUT2D eigenvalue weighted by atomic mass is 32.2. The SMILES string of the molecule is Nc1cnc(-c2ccc(-c3ccccc3CS(=O)(=O)NC3CCC(O)CC3)cc2F)cn1. The van der Waals surface area contributed by atoms with E-state index in [0.717, 1.165) is 0 Å². The monoisotopic (exact) mass is 456 g/mol. The van der Waals surface area contributed by atoms with Gasteiger partial charge in [-0.1, -0.05) is 30.3 Å². The van der Waals surface area contributed by atoms with Crippen molar-refractivity contribution in [3.63, 3.8) is 0 Å². The maximum Gasteiger partial charge on any atom is 0.216 e. The summed E-state index contributed by atoms with van der Waals surface area (Å²) in [5, 5.41) is 9.63. The summed E-state index contributed by atoms with van der Waals surface area (Å²) < 4.78 is 43.2. The highest BCUT2D eigenvalue weighted by molar-refractivity contribution is 7.88. The van der Waals surface area contributed by atoms with Gasteiger partial charge < -0.3 is 10.8 Å². The number of aliphatic hydroxyl groups is 1. The smallest absolute Gasteiger partial charge is 0.216 e. The Morgan fingerprint density at radius 2 is 1.78 bits per heavy atom. The van der Waals surface area contributed by atoms with E-state index in [1.165, 1.54) is 18.5 Å². The number of aliphatic hydroxyl groups excluding tert-OH is 1. The summed E-state index contributed by atoms with van der Waals surface area (Å²) in [5.74, 6) is -0.452. The molecule has 1 aliphatic carbocycles. The first-order chi connectivity index (χ1) is 15.3. The molecular formula is C23H25FN4O3S. The molecule has 0 aliphatic heterocycles. The number of hydrogen-bond donors (Lipinski definition) is 3. The number of hydrogen-bond acceptors (Lipinski definition) is 6. The van der Waals surface area contributed by atoms with Gasteiger partial charge in [-0.3, -0.25) is 4.98 Å². The van der Waals surface area contributed by atoms with Crippen molar-refractivity contribution in [2.75, 3.05) is 5.73 Å². The van der Waals surface area contributed by atoms with Gasteiger partial charge in [-0.2, -0.15) is 0 Å². The van der Waals surface area contributed by atoms with Gasteiger partial charge in [-0.05, 0) is 54.5 Å². The lowest BCUT2D eigenvalue weighted by atomic mass is 9.94. The van der Waals surface area contributed by atoms with Crippen LogP contribution in [0.3, 0.4) is 0 Å². The molecule has 1 fully saturated rings. The lowest BCUT2D eigenvalue weighted by Gasteiger charge is -2.26. The molecule has 0 saturated heterocycles. The molecule has 3 aromatic rings. The minimum absolute atomic E-state index is 0.173. The molecule has 0 amide bonds. The second-order valence-electron chi connectivity index (χ2n) is 8.06. The van der Waals surface area contributed by atoms with Gasteiger partial charge >= 0.3 is 0 Å². The Labute approximate surface area is 186 Å². The van der Waals surface area contributed by atoms with Crippen LogP contribution in [0.4, 0.5) is 10.2 Å². The van der Waals surface area contributed by atoms with Gasteiger partial charge in [0.05, 0.1) is 29.9 Å². The number of sulfonamides is 1. The van der Waals surface area contributed by atoms with E-state index in [2.05, 4.69) is 14.7 Å². The number of aromatic nitrogens is 2. The average Bonchev–Trinajstić information content (AvgIpc) is 2.76. The summed E-state index contributed by atoms with van der Waals surface area (Å²) in [6, 6.07) is 11.6. The number of nitrogen functional groups attached to an aromatic ring is 1. The first kappa shape index (κ1) is 22.3. The summed E-state index contributed by atoms with van der Waals surface area (Å²) in [6.45, 7) is 0. The molecule has 1 aromatic heterocycles. The zero-order valence-corrected chi connectivity index (χ0v) is 18.2. The number of nitrogens with zero attached hydrogens (tertiary/aromatic N) is 2. The lowest BCUT2D eigenvalue weighted by molar-refractivity contribution is 0.120. The van der Waals surface area contributed by atoms with E-state index < -0.39 is 15.8 Å². The quantitative estimate of drug-likeness (QED) is 0.524. The van der Waals surface area contributed by atoms with E-state index in [1.54, 1.807) is 36.4 Å². The molecule has 0 spiro atoms. The van der Waals surface area contributed by atoms with Crippen molar-refractivity contribution in [2.45, 2.75) is 43.6 Å². The Bertz CT molecular complexity index is 1190. The van der Waals surface area contributed by atoms with Crippen LogP contribution >= 0.6 is 0 Å². The largest absolute Gasteiger partial charge is 0.393 e. The molecule has 7 nitrogen and oxygen atoms in total. The molecule has 0 radical (unpaired) electrons. The van der Waals surface area contributed by atoms with E-state index >= 15 is 0 Å². The van der Waals surface area contributed by atoms with Crippen LogP contribution in [0.15, 0.2) is 54.9 Å². The van der Waals surface area contributed by atoms with Gasteiger partial charge in [-0.15, -0.1) is 0 Å². The van der Waals surface area contributed by atoms with Gasteiger partial charge in [0.25, 0.3) is 0 Å². The first-order valence-corrected chi connectivity index (χ1v) is 12.1. The van der Waals surface area contributed by atoms with Gasteiger partial charge in [0.2, 0.25) is 10.0 Å². The van der Waals surface area contributed by atoms with Crippen molar-refractivity contribution < 1.29 is 17.9 Å². The lowest BCUT2D eigenvalue weighted by Crippen LogP contribution is -2.39. The van der Waals surface area contributed by atoms with Gasteiger partial charge in [0.1, 0.15) is 11.6 Å². The third-order valence-electron chi connectivity index (χ3n) is 5.63. The van der Waals surface area contributed by atoms with E-state index in [0.29, 0.717) is 48.1 Å². The van der Waals surface area contributed by atoms with E-state index in [9.17, 15) is 17.9 Å². The zero-order chi connectivity index (χ0) is 22.7. The van der Waals surface area contributed by atoms with Crippen molar-refractivity contribution in [1.82, 2.24) is 14.7 Å². The predicted octanol–water partition coefficient (Wildman–Crippen LogP) is 3.25. The van der Waals surface area contributed by atoms with Crippen molar-refractivity contribution in [1.29, 1.82) is 0 Å². The predicted molar refractivity (Wildman–Crippen MR) is 121 cm³/mol. The second-order valence-corrected chi connectivity index (χ2v) is 9.81. The van der Waals surface area contributed by atoms with Crippen molar-refractivity contribution in [3.8, 4) is 22.4 Å². The maximum absolute atomic E-state index is 14.9. The zero-order valence-electron chi connectivity index (χ0n) is 17.4. The minimum atomic E-state index is -3.60. The van der Waals surface area contributed by atoms with E-state index in [1.807, 2.05) is 0 Å². The molecule has 0 unspecified atom stereocenters. The fraction of sp³-hybridized carbons (Fsp3) is 0.304. The van der Waals surface area contributed by atoms with Crippen LogP contribution < -0.4 is 10.5 Å². The maximum atomic E-state index is 14.9. The second kappa shape index (κ2) is 9.32. The number of rotatable bonds is 6. The Hall–Kier alpha value is -2.88. The summed E-state index contributed by atoms with van der Waals surface area (Å²) in [5.41, 5.74) is 7.98. The summed E-state index contributed by atoms with van der Waals surface area (Å²) >= 11 is 0. The molecule has 168 valence electrons.